The molecule has 2 rings (SSSR count). The van der Waals surface area contributed by atoms with Crippen LogP contribution in [-0.2, 0) is 6.54 Å². The van der Waals surface area contributed by atoms with Crippen molar-refractivity contribution in [1.29, 1.82) is 0 Å². The third kappa shape index (κ3) is 4.83. The van der Waals surface area contributed by atoms with Gasteiger partial charge in [0.2, 0.25) is 0 Å². The van der Waals surface area contributed by atoms with Crippen LogP contribution in [0.25, 0.3) is 0 Å². The lowest BCUT2D eigenvalue weighted by molar-refractivity contribution is 0.0608. The van der Waals surface area contributed by atoms with Crippen LogP contribution in [0.5, 0.6) is 11.5 Å². The van der Waals surface area contributed by atoms with Crippen molar-refractivity contribution >= 4 is 0 Å². The molecular formula is C18H30N2O3. The SMILES string of the molecule is CCOc1cc(CN2CCN(C(CC)CO)CC2)ccc1OC. The van der Waals surface area contributed by atoms with Crippen molar-refractivity contribution in [3.8, 4) is 11.5 Å². The number of hydrogen-bond donors (Lipinski definition) is 1. The van der Waals surface area contributed by atoms with Gasteiger partial charge >= 0.3 is 0 Å². The van der Waals surface area contributed by atoms with Crippen LogP contribution in [0, 0.1) is 0 Å². The molecule has 1 N–H and O–H groups in total. The van der Waals surface area contributed by atoms with Crippen LogP contribution < -0.4 is 9.47 Å². The number of aliphatic hydroxyl groups excluding tert-OH is 1. The first-order valence-electron chi connectivity index (χ1n) is 8.58. The summed E-state index contributed by atoms with van der Waals surface area (Å²) >= 11 is 0. The number of ether oxygens (including phenoxy) is 2. The Labute approximate surface area is 139 Å². The maximum atomic E-state index is 9.43. The Bertz CT molecular complexity index is 469. The molecule has 0 aliphatic carbocycles. The van der Waals surface area contributed by atoms with E-state index in [4.69, 9.17) is 9.47 Å². The Morgan fingerprint density at radius 2 is 1.87 bits per heavy atom. The molecule has 1 atom stereocenters. The number of nitrogens with zero attached hydrogens (tertiary/aromatic N) is 2. The molecule has 1 heterocycles. The summed E-state index contributed by atoms with van der Waals surface area (Å²) in [7, 11) is 1.67. The van der Waals surface area contributed by atoms with Crippen molar-refractivity contribution in [3.63, 3.8) is 0 Å². The van der Waals surface area contributed by atoms with Gasteiger partial charge in [-0.1, -0.05) is 13.0 Å². The molecule has 130 valence electrons. The van der Waals surface area contributed by atoms with Crippen molar-refractivity contribution in [2.75, 3.05) is 46.5 Å². The highest BCUT2D eigenvalue weighted by atomic mass is 16.5. The zero-order valence-corrected chi connectivity index (χ0v) is 14.6. The van der Waals surface area contributed by atoms with Gasteiger partial charge in [0.15, 0.2) is 11.5 Å². The second-order valence-corrected chi connectivity index (χ2v) is 5.97. The quantitative estimate of drug-likeness (QED) is 0.793. The van der Waals surface area contributed by atoms with E-state index < -0.39 is 0 Å². The first-order chi connectivity index (χ1) is 11.2. The van der Waals surface area contributed by atoms with Gasteiger partial charge in [-0.3, -0.25) is 9.80 Å². The first-order valence-corrected chi connectivity index (χ1v) is 8.58. The van der Waals surface area contributed by atoms with Gasteiger partial charge in [0.1, 0.15) is 0 Å². The van der Waals surface area contributed by atoms with Gasteiger partial charge < -0.3 is 14.6 Å². The molecule has 1 fully saturated rings. The number of hydrogen-bond acceptors (Lipinski definition) is 5. The Hall–Kier alpha value is -1.30. The second kappa shape index (κ2) is 9.11. The Kier molecular flexibility index (Phi) is 7.15. The van der Waals surface area contributed by atoms with Gasteiger partial charge in [-0.25, -0.2) is 0 Å². The fourth-order valence-electron chi connectivity index (χ4n) is 3.14. The van der Waals surface area contributed by atoms with E-state index in [1.807, 2.05) is 13.0 Å². The van der Waals surface area contributed by atoms with E-state index in [1.54, 1.807) is 7.11 Å². The number of rotatable bonds is 8. The van der Waals surface area contributed by atoms with E-state index in [9.17, 15) is 5.11 Å². The molecule has 0 aromatic heterocycles. The lowest BCUT2D eigenvalue weighted by atomic mass is 10.1. The molecule has 23 heavy (non-hydrogen) atoms. The standard InChI is InChI=1S/C18H30N2O3/c1-4-16(14-21)20-10-8-19(9-11-20)13-15-6-7-17(22-3)18(12-15)23-5-2/h6-7,12,16,21H,4-5,8-11,13-14H2,1-3H3. The van der Waals surface area contributed by atoms with Crippen molar-refractivity contribution < 1.29 is 14.6 Å². The topological polar surface area (TPSA) is 45.2 Å². The first kappa shape index (κ1) is 18.0. The minimum absolute atomic E-state index is 0.257. The van der Waals surface area contributed by atoms with Crippen molar-refractivity contribution in [1.82, 2.24) is 9.80 Å². The molecule has 5 nitrogen and oxygen atoms in total. The Morgan fingerprint density at radius 3 is 2.43 bits per heavy atom. The number of aliphatic hydroxyl groups is 1. The maximum absolute atomic E-state index is 9.43. The van der Waals surface area contributed by atoms with Gasteiger partial charge in [-0.2, -0.15) is 0 Å². The minimum atomic E-state index is 0.257. The summed E-state index contributed by atoms with van der Waals surface area (Å²) in [5.74, 6) is 1.60. The second-order valence-electron chi connectivity index (χ2n) is 5.97. The van der Waals surface area contributed by atoms with E-state index in [-0.39, 0.29) is 6.61 Å². The molecular weight excluding hydrogens is 292 g/mol. The molecule has 0 radical (unpaired) electrons. The molecule has 0 spiro atoms. The van der Waals surface area contributed by atoms with E-state index >= 15 is 0 Å². The summed E-state index contributed by atoms with van der Waals surface area (Å²) in [4.78, 5) is 4.86. The van der Waals surface area contributed by atoms with Crippen LogP contribution in [0.1, 0.15) is 25.8 Å². The fraction of sp³-hybridized carbons (Fsp3) is 0.667. The summed E-state index contributed by atoms with van der Waals surface area (Å²) in [5.41, 5.74) is 1.25. The molecule has 5 heteroatoms. The highest BCUT2D eigenvalue weighted by Crippen LogP contribution is 2.28. The lowest BCUT2D eigenvalue weighted by Crippen LogP contribution is -2.50. The van der Waals surface area contributed by atoms with Crippen LogP contribution in [0.4, 0.5) is 0 Å². The molecule has 0 saturated carbocycles. The maximum Gasteiger partial charge on any atom is 0.161 e. The van der Waals surface area contributed by atoms with Crippen molar-refractivity contribution in [3.05, 3.63) is 23.8 Å². The van der Waals surface area contributed by atoms with Gasteiger partial charge in [0.05, 0.1) is 20.3 Å². The molecule has 1 aliphatic heterocycles. The minimum Gasteiger partial charge on any atom is -0.493 e. The Balaban J connectivity index is 1.92. The summed E-state index contributed by atoms with van der Waals surface area (Å²) in [6.45, 7) is 10.1. The van der Waals surface area contributed by atoms with Gasteiger partial charge in [-0.15, -0.1) is 0 Å². The number of benzene rings is 1. The summed E-state index contributed by atoms with van der Waals surface area (Å²) in [6, 6.07) is 6.48. The molecule has 1 aromatic rings. The highest BCUT2D eigenvalue weighted by molar-refractivity contribution is 5.42. The molecule has 1 aliphatic rings. The summed E-state index contributed by atoms with van der Waals surface area (Å²) in [5, 5.41) is 9.43. The van der Waals surface area contributed by atoms with Crippen LogP contribution >= 0.6 is 0 Å². The molecule has 0 bridgehead atoms. The van der Waals surface area contributed by atoms with Gasteiger partial charge in [0.25, 0.3) is 0 Å². The van der Waals surface area contributed by atoms with E-state index in [0.29, 0.717) is 12.6 Å². The zero-order chi connectivity index (χ0) is 16.7. The molecule has 1 unspecified atom stereocenters. The van der Waals surface area contributed by atoms with Crippen LogP contribution in [0.15, 0.2) is 18.2 Å². The molecule has 0 amide bonds. The normalized spacial score (nSPS) is 17.9. The average molecular weight is 322 g/mol. The van der Waals surface area contributed by atoms with E-state index in [2.05, 4.69) is 28.9 Å². The van der Waals surface area contributed by atoms with Crippen LogP contribution in [0.2, 0.25) is 0 Å². The predicted octanol–water partition coefficient (Wildman–Crippen LogP) is 1.98. The highest BCUT2D eigenvalue weighted by Gasteiger charge is 2.22. The number of piperazine rings is 1. The molecule has 1 aromatic carbocycles. The van der Waals surface area contributed by atoms with Gasteiger partial charge in [-0.05, 0) is 31.0 Å². The number of methoxy groups -OCH3 is 1. The van der Waals surface area contributed by atoms with Crippen LogP contribution in [0.3, 0.4) is 0 Å². The lowest BCUT2D eigenvalue weighted by Gasteiger charge is -2.38. The van der Waals surface area contributed by atoms with Crippen molar-refractivity contribution in [2.45, 2.75) is 32.9 Å². The monoisotopic (exact) mass is 322 g/mol. The zero-order valence-electron chi connectivity index (χ0n) is 14.6. The predicted molar refractivity (Wildman–Crippen MR) is 92.2 cm³/mol. The van der Waals surface area contributed by atoms with Gasteiger partial charge in [0, 0.05) is 38.8 Å². The largest absolute Gasteiger partial charge is 0.493 e. The fourth-order valence-corrected chi connectivity index (χ4v) is 3.14. The van der Waals surface area contributed by atoms with E-state index in [0.717, 1.165) is 50.6 Å². The van der Waals surface area contributed by atoms with Crippen LogP contribution in [-0.4, -0.2) is 67.5 Å². The third-order valence-electron chi connectivity index (χ3n) is 4.54. The summed E-state index contributed by atoms with van der Waals surface area (Å²) in [6.07, 6.45) is 1.01. The molecule has 1 saturated heterocycles. The third-order valence-corrected chi connectivity index (χ3v) is 4.54. The average Bonchev–Trinajstić information content (AvgIpc) is 2.58. The van der Waals surface area contributed by atoms with E-state index in [1.165, 1.54) is 5.56 Å². The van der Waals surface area contributed by atoms with Crippen molar-refractivity contribution in [2.24, 2.45) is 0 Å². The Morgan fingerprint density at radius 1 is 1.13 bits per heavy atom. The summed E-state index contributed by atoms with van der Waals surface area (Å²) < 4.78 is 11.0. The smallest absolute Gasteiger partial charge is 0.161 e.